The van der Waals surface area contributed by atoms with E-state index in [-0.39, 0.29) is 74.8 Å². The van der Waals surface area contributed by atoms with Crippen LogP contribution in [-0.2, 0) is 44.2 Å². The molecule has 6 atom stereocenters. The van der Waals surface area contributed by atoms with Crippen LogP contribution >= 0.6 is 0 Å². The first kappa shape index (κ1) is 82.7. The topological polar surface area (TPSA) is 286 Å². The number of hydrogen-bond acceptors (Lipinski definition) is 22. The number of carbonyl (C=O) groups excluding carboxylic acids is 2. The fraction of sp³-hybridized carbons (Fsp3) is 0.341. The Labute approximate surface area is 687 Å². The molecule has 0 radical (unpaired) electrons. The van der Waals surface area contributed by atoms with Crippen molar-refractivity contribution in [1.82, 2.24) is 39.0 Å². The molecule has 14 rings (SSSR count). The van der Waals surface area contributed by atoms with Gasteiger partial charge in [0.05, 0.1) is 79.7 Å². The van der Waals surface area contributed by atoms with Gasteiger partial charge >= 0.3 is 0 Å². The van der Waals surface area contributed by atoms with Crippen LogP contribution in [0.4, 0.5) is 11.9 Å². The van der Waals surface area contributed by atoms with E-state index in [1.807, 2.05) is 187 Å². The lowest BCUT2D eigenvalue weighted by Crippen LogP contribution is -2.47. The number of amides is 2. The first-order valence-corrected chi connectivity index (χ1v) is 42.6. The molecule has 2 aliphatic rings. The number of methoxy groups -OCH3 is 4. The molecular weight excluding hydrogens is 1520 g/mol. The summed E-state index contributed by atoms with van der Waals surface area (Å²) in [6, 6.07) is 69.4. The Morgan fingerprint density at radius 2 is 0.788 bits per heavy atom. The number of benzene rings is 8. The van der Waals surface area contributed by atoms with Crippen LogP contribution in [0.1, 0.15) is 112 Å². The second kappa shape index (κ2) is 37.6. The summed E-state index contributed by atoms with van der Waals surface area (Å²) < 4.78 is 86.6. The van der Waals surface area contributed by atoms with Crippen LogP contribution in [-0.4, -0.2) is 157 Å². The number of anilines is 2. The predicted molar refractivity (Wildman–Crippen MR) is 448 cm³/mol. The minimum atomic E-state index is -2.48. The van der Waals surface area contributed by atoms with Gasteiger partial charge in [0.15, 0.2) is 43.9 Å². The summed E-state index contributed by atoms with van der Waals surface area (Å²) in [5, 5.41) is 17.4. The number of imidazole rings is 2. The van der Waals surface area contributed by atoms with Gasteiger partial charge in [0.1, 0.15) is 70.4 Å². The normalized spacial score (nSPS) is 17.0. The third-order valence-electron chi connectivity index (χ3n) is 21.8. The minimum Gasteiger partial charge on any atom is -0.497 e. The summed E-state index contributed by atoms with van der Waals surface area (Å²) in [6.45, 7) is 11.1. The van der Waals surface area contributed by atoms with E-state index in [0.717, 1.165) is 52.6 Å². The number of fused-ring (bicyclic) bond motifs is 2. The lowest BCUT2D eigenvalue weighted by atomic mass is 9.80. The summed E-state index contributed by atoms with van der Waals surface area (Å²) in [5.74, 6) is 3.08. The van der Waals surface area contributed by atoms with E-state index in [4.69, 9.17) is 86.2 Å². The minimum absolute atomic E-state index is 0.0113. The molecule has 0 saturated carbocycles. The molecule has 2 saturated heterocycles. The summed E-state index contributed by atoms with van der Waals surface area (Å²) in [6.07, 6.45) is 3.15. The molecule has 0 aliphatic carbocycles. The number of nitrogens with one attached hydrogen (secondary N) is 2. The van der Waals surface area contributed by atoms with E-state index < -0.39 is 68.2 Å². The highest BCUT2D eigenvalue weighted by Crippen LogP contribution is 2.48. The van der Waals surface area contributed by atoms with Crippen LogP contribution in [0.25, 0.3) is 22.3 Å². The molecule has 0 bridgehead atoms. The molecule has 614 valence electrons. The van der Waals surface area contributed by atoms with Crippen molar-refractivity contribution in [3.05, 3.63) is 264 Å². The van der Waals surface area contributed by atoms with Crippen LogP contribution in [0.15, 0.2) is 231 Å². The number of para-hydroxylation sites is 2. The Balaban J connectivity index is 0.666. The molecule has 27 heteroatoms. The van der Waals surface area contributed by atoms with Crippen molar-refractivity contribution >= 4 is 54.4 Å². The number of unbranched alkanes of at least 4 members (excludes halogenated alkanes) is 4. The maximum atomic E-state index is 13.7. The van der Waals surface area contributed by atoms with Gasteiger partial charge in [-0.15, -0.1) is 0 Å². The summed E-state index contributed by atoms with van der Waals surface area (Å²) in [7, 11) is 4.06. The second-order valence-corrected chi connectivity index (χ2v) is 35.2. The average Bonchev–Trinajstić information content (AvgIpc) is 1.02. The van der Waals surface area contributed by atoms with Gasteiger partial charge in [-0.05, 0) is 137 Å². The van der Waals surface area contributed by atoms with Crippen molar-refractivity contribution in [3.8, 4) is 46.3 Å². The zero-order valence-corrected chi connectivity index (χ0v) is 68.7. The van der Waals surface area contributed by atoms with E-state index in [1.54, 1.807) is 69.9 Å². The fourth-order valence-corrected chi connectivity index (χ4v) is 15.9. The molecule has 2 aliphatic heterocycles. The van der Waals surface area contributed by atoms with Gasteiger partial charge in [0, 0.05) is 12.8 Å². The lowest BCUT2D eigenvalue weighted by molar-refractivity contribution is -0.118. The van der Waals surface area contributed by atoms with Gasteiger partial charge in [-0.2, -0.15) is 19.9 Å². The predicted octanol–water partition coefficient (Wildman–Crippen LogP) is 15.8. The Hall–Kier alpha value is -11.8. The number of aliphatic hydroxyl groups excluding tert-OH is 1. The van der Waals surface area contributed by atoms with Crippen molar-refractivity contribution in [2.75, 3.05) is 78.7 Å². The number of aliphatic hydroxyl groups is 1. The number of carbonyl (C=O) groups is 2. The fourth-order valence-electron chi connectivity index (χ4n) is 14.5. The molecule has 12 aromatic rings. The Morgan fingerprint density at radius 1 is 0.441 bits per heavy atom. The lowest BCUT2D eigenvalue weighted by Gasteiger charge is -2.40. The SMILES string of the molecule is COc1ccc(C(OC[C@H]2O[C@@H](n3cnc4c(OCCCCCCCOc5nc(NC(=O)COc6ccccc6)nc6c5ncn6[C@H]5C[C@H](O)[C@@H](COC(c6ccccc6)(c6ccc(OC)cc6)c6ccc(OC)cc6)O5)nc(NC(=O)COc5ccccc5)nc43)C[C@@H]2O[Si](C)(C)C(C)(C)C)(c2ccccc2)c2ccc(OC)cc2)cc1. The van der Waals surface area contributed by atoms with Crippen LogP contribution in [0, 0.1) is 0 Å². The van der Waals surface area contributed by atoms with Crippen molar-refractivity contribution in [2.45, 2.75) is 132 Å². The molecular formula is C91H100N10O16Si. The number of rotatable bonds is 38. The van der Waals surface area contributed by atoms with E-state index in [1.165, 1.54) is 0 Å². The van der Waals surface area contributed by atoms with Crippen LogP contribution in [0.5, 0.6) is 46.3 Å². The molecule has 0 unspecified atom stereocenters. The number of ether oxygens (including phenoxy) is 12. The largest absolute Gasteiger partial charge is 0.497 e. The van der Waals surface area contributed by atoms with Crippen LogP contribution < -0.4 is 48.5 Å². The van der Waals surface area contributed by atoms with Crippen LogP contribution in [0.2, 0.25) is 18.1 Å². The summed E-state index contributed by atoms with van der Waals surface area (Å²) >= 11 is 0. The zero-order valence-electron chi connectivity index (χ0n) is 67.7. The van der Waals surface area contributed by atoms with E-state index >= 15 is 0 Å². The molecule has 26 nitrogen and oxygen atoms in total. The van der Waals surface area contributed by atoms with Gasteiger partial charge < -0.3 is 66.4 Å². The van der Waals surface area contributed by atoms with E-state index in [0.29, 0.717) is 76.1 Å². The highest BCUT2D eigenvalue weighted by molar-refractivity contribution is 6.74. The molecule has 6 heterocycles. The van der Waals surface area contributed by atoms with Crippen molar-refractivity contribution < 1.29 is 76.0 Å². The first-order valence-electron chi connectivity index (χ1n) is 39.7. The van der Waals surface area contributed by atoms with E-state index in [2.05, 4.69) is 61.6 Å². The molecule has 4 aromatic heterocycles. The Bertz CT molecular complexity index is 5170. The van der Waals surface area contributed by atoms with Gasteiger partial charge in [-0.25, -0.2) is 9.97 Å². The third kappa shape index (κ3) is 18.9. The highest BCUT2D eigenvalue weighted by atomic mass is 28.4. The zero-order chi connectivity index (χ0) is 82.2. The molecule has 2 fully saturated rings. The van der Waals surface area contributed by atoms with Gasteiger partial charge in [0.25, 0.3) is 11.8 Å². The van der Waals surface area contributed by atoms with Gasteiger partial charge in [-0.3, -0.25) is 29.4 Å². The summed E-state index contributed by atoms with van der Waals surface area (Å²) in [4.78, 5) is 56.1. The first-order chi connectivity index (χ1) is 57.3. The quantitative estimate of drug-likeness (QED) is 0.0184. The maximum Gasteiger partial charge on any atom is 0.264 e. The van der Waals surface area contributed by atoms with Crippen molar-refractivity contribution in [1.29, 1.82) is 0 Å². The second-order valence-electron chi connectivity index (χ2n) is 30.5. The van der Waals surface area contributed by atoms with Crippen molar-refractivity contribution in [3.63, 3.8) is 0 Å². The number of hydrogen-bond donors (Lipinski definition) is 3. The average molecular weight is 1620 g/mol. The highest BCUT2D eigenvalue weighted by Gasteiger charge is 2.49. The molecule has 2 amide bonds. The van der Waals surface area contributed by atoms with Crippen molar-refractivity contribution in [2.24, 2.45) is 0 Å². The molecule has 118 heavy (non-hydrogen) atoms. The molecule has 8 aromatic carbocycles. The van der Waals surface area contributed by atoms with Gasteiger partial charge in [0.2, 0.25) is 23.7 Å². The Kier molecular flexibility index (Phi) is 26.4. The summed E-state index contributed by atoms with van der Waals surface area (Å²) in [5.41, 5.74) is 4.18. The monoisotopic (exact) mass is 1620 g/mol. The standard InChI is InChI=1S/C91H100N10O16Si/c1-89(2,3)118(8,9)117-74-54-80(116-76(74)56-114-91(62-29-19-14-20-30-62,65-39-47-69(107-6)48-40-65)66-41-49-70(108-7)50-42-66)101-60-93-82-84(101)97-88(95-78(104)58-112-72-33-23-16-24-34-72)99-86(82)110-52-26-12-10-11-25-51-109-85-81-83(96-87(98-85)94-77(103)57-111-71-31-21-15-22-32-71)100(59-92-81)79-53-73(102)75(115-79)55-113-90(61-27-17-13-18-28-61,63-35-43-67(105-4)44-36-63)64-37-45-68(106-5)46-38-64/h13-24,27-50,59-60,73-76,79-80,102H,10-12,25-26,51-58H2,1-9H3,(H,94,96,98,103)(H,95,97,99,104)/t73-,74-,75+,76+,79+,80+/m0/s1. The van der Waals surface area contributed by atoms with Gasteiger partial charge in [-0.1, -0.05) is 186 Å². The Morgan fingerprint density at radius 3 is 1.17 bits per heavy atom. The molecule has 0 spiro atoms. The maximum absolute atomic E-state index is 13.7. The molecule has 3 N–H and O–H groups in total. The van der Waals surface area contributed by atoms with Crippen LogP contribution in [0.3, 0.4) is 0 Å². The third-order valence-corrected chi connectivity index (χ3v) is 26.3. The smallest absolute Gasteiger partial charge is 0.264 e. The number of aromatic nitrogens is 8. The van der Waals surface area contributed by atoms with E-state index in [9.17, 15) is 14.7 Å². The number of nitrogens with zero attached hydrogens (tertiary/aromatic N) is 8.